The molecule has 0 atom stereocenters. The molecule has 0 N–H and O–H groups in total. The molecule has 0 fully saturated rings. The first-order valence-electron chi connectivity index (χ1n) is 4.45. The van der Waals surface area contributed by atoms with Crippen molar-refractivity contribution in [2.75, 3.05) is 0 Å². The van der Waals surface area contributed by atoms with Gasteiger partial charge in [0, 0.05) is 0 Å². The first-order valence-corrected chi connectivity index (χ1v) is 4.45. The molecule has 0 saturated carbocycles. The molecular weight excluding hydrogens is 132 g/mol. The Hall–Kier alpha value is -0.780. The number of hydrogen-bond acceptors (Lipinski definition) is 0. The molecule has 0 radical (unpaired) electrons. The summed E-state index contributed by atoms with van der Waals surface area (Å²) in [5.41, 5.74) is 0. The van der Waals surface area contributed by atoms with Gasteiger partial charge in [-0.1, -0.05) is 36.5 Å². The fraction of sp³-hybridized carbons (Fsp3) is 0.455. The van der Waals surface area contributed by atoms with Crippen LogP contribution in [0.5, 0.6) is 0 Å². The minimum absolute atomic E-state index is 1.10. The van der Waals surface area contributed by atoms with Crippen LogP contribution in [0, 0.1) is 0 Å². The number of rotatable bonds is 0. The third-order valence-corrected chi connectivity index (χ3v) is 1.79. The Morgan fingerprint density at radius 1 is 0.545 bits per heavy atom. The van der Waals surface area contributed by atoms with E-state index in [-0.39, 0.29) is 0 Å². The van der Waals surface area contributed by atoms with Gasteiger partial charge < -0.3 is 0 Å². The summed E-state index contributed by atoms with van der Waals surface area (Å²) in [7, 11) is 0. The standard InChI is InChI=1S/C11H16/c1-2-4-6-8-10-11-9-7-5-3-1/h1-2,5-8H,3-4,9-11H2/b2-1?,7-5-,8-6+. The van der Waals surface area contributed by atoms with Gasteiger partial charge >= 0.3 is 0 Å². The molecule has 1 aliphatic rings. The monoisotopic (exact) mass is 148 g/mol. The zero-order chi connectivity index (χ0) is 7.78. The van der Waals surface area contributed by atoms with Crippen molar-refractivity contribution in [3.8, 4) is 0 Å². The maximum atomic E-state index is 2.28. The Morgan fingerprint density at radius 2 is 1.00 bits per heavy atom. The fourth-order valence-electron chi connectivity index (χ4n) is 1.13. The Labute approximate surface area is 69.3 Å². The summed E-state index contributed by atoms with van der Waals surface area (Å²) in [5, 5.41) is 0. The van der Waals surface area contributed by atoms with Crippen molar-refractivity contribution in [3.05, 3.63) is 36.5 Å². The van der Waals surface area contributed by atoms with Gasteiger partial charge in [-0.2, -0.15) is 0 Å². The van der Waals surface area contributed by atoms with Gasteiger partial charge in [-0.3, -0.25) is 0 Å². The predicted octanol–water partition coefficient (Wildman–Crippen LogP) is 3.62. The molecule has 0 spiro atoms. The van der Waals surface area contributed by atoms with Crippen LogP contribution in [0.1, 0.15) is 32.1 Å². The smallest absolute Gasteiger partial charge is 0.0169 e. The molecule has 11 heavy (non-hydrogen) atoms. The maximum absolute atomic E-state index is 2.28. The van der Waals surface area contributed by atoms with Crippen molar-refractivity contribution in [3.63, 3.8) is 0 Å². The largest absolute Gasteiger partial charge is 0.0882 e. The Kier molecular flexibility index (Phi) is 4.51. The van der Waals surface area contributed by atoms with Gasteiger partial charge in [0.2, 0.25) is 0 Å². The summed E-state index contributed by atoms with van der Waals surface area (Å²) >= 11 is 0. The molecule has 0 saturated heterocycles. The molecule has 1 aliphatic carbocycles. The average Bonchev–Trinajstić information content (AvgIpc) is 2.08. The second kappa shape index (κ2) is 5.96. The third-order valence-electron chi connectivity index (χ3n) is 1.79. The van der Waals surface area contributed by atoms with Gasteiger partial charge in [0.25, 0.3) is 0 Å². The Bertz CT molecular complexity index is 143. The van der Waals surface area contributed by atoms with Crippen molar-refractivity contribution in [2.45, 2.75) is 32.1 Å². The normalized spacial score (nSPS) is 25.5. The second-order valence-electron chi connectivity index (χ2n) is 2.82. The van der Waals surface area contributed by atoms with Crippen LogP contribution in [0.4, 0.5) is 0 Å². The summed E-state index contributed by atoms with van der Waals surface area (Å²) in [4.78, 5) is 0. The van der Waals surface area contributed by atoms with E-state index < -0.39 is 0 Å². The zero-order valence-electron chi connectivity index (χ0n) is 7.00. The van der Waals surface area contributed by atoms with Gasteiger partial charge in [-0.15, -0.1) is 0 Å². The zero-order valence-corrected chi connectivity index (χ0v) is 7.00. The molecule has 0 heteroatoms. The third kappa shape index (κ3) is 4.60. The van der Waals surface area contributed by atoms with Crippen LogP contribution < -0.4 is 0 Å². The van der Waals surface area contributed by atoms with Gasteiger partial charge in [0.1, 0.15) is 0 Å². The van der Waals surface area contributed by atoms with E-state index in [1.54, 1.807) is 0 Å². The molecule has 0 unspecified atom stereocenters. The molecule has 60 valence electrons. The van der Waals surface area contributed by atoms with Crippen LogP contribution in [-0.2, 0) is 0 Å². The summed E-state index contributed by atoms with van der Waals surface area (Å²) in [6, 6.07) is 0. The van der Waals surface area contributed by atoms with E-state index in [0.29, 0.717) is 0 Å². The fourth-order valence-corrected chi connectivity index (χ4v) is 1.13. The van der Waals surface area contributed by atoms with E-state index in [4.69, 9.17) is 0 Å². The van der Waals surface area contributed by atoms with Crippen molar-refractivity contribution < 1.29 is 0 Å². The molecule has 1 rings (SSSR count). The van der Waals surface area contributed by atoms with Gasteiger partial charge in [-0.25, -0.2) is 0 Å². The Morgan fingerprint density at radius 3 is 1.55 bits per heavy atom. The average molecular weight is 148 g/mol. The lowest BCUT2D eigenvalue weighted by Crippen LogP contribution is -1.67. The van der Waals surface area contributed by atoms with Gasteiger partial charge in [0.15, 0.2) is 0 Å². The highest BCUT2D eigenvalue weighted by Crippen LogP contribution is 2.02. The van der Waals surface area contributed by atoms with E-state index in [0.717, 1.165) is 12.8 Å². The first kappa shape index (κ1) is 8.32. The molecule has 0 aromatic heterocycles. The quantitative estimate of drug-likeness (QED) is 0.460. The second-order valence-corrected chi connectivity index (χ2v) is 2.82. The van der Waals surface area contributed by atoms with Crippen molar-refractivity contribution >= 4 is 0 Å². The highest BCUT2D eigenvalue weighted by Gasteiger charge is 1.81. The number of allylic oxidation sites excluding steroid dienone is 6. The maximum Gasteiger partial charge on any atom is -0.0169 e. The lowest BCUT2D eigenvalue weighted by molar-refractivity contribution is 0.865. The van der Waals surface area contributed by atoms with Crippen molar-refractivity contribution in [2.24, 2.45) is 0 Å². The van der Waals surface area contributed by atoms with E-state index in [1.165, 1.54) is 19.3 Å². The van der Waals surface area contributed by atoms with Gasteiger partial charge in [0.05, 0.1) is 0 Å². The van der Waals surface area contributed by atoms with Gasteiger partial charge in [-0.05, 0) is 32.1 Å². The SMILES string of the molecule is C1=CC/C=C/CCC/C=C\C1. The van der Waals surface area contributed by atoms with Crippen LogP contribution >= 0.6 is 0 Å². The minimum atomic E-state index is 1.10. The van der Waals surface area contributed by atoms with Crippen LogP contribution in [0.15, 0.2) is 36.5 Å². The van der Waals surface area contributed by atoms with Crippen LogP contribution in [0.25, 0.3) is 0 Å². The van der Waals surface area contributed by atoms with Crippen molar-refractivity contribution in [1.29, 1.82) is 0 Å². The molecule has 0 heterocycles. The van der Waals surface area contributed by atoms with E-state index in [2.05, 4.69) is 36.5 Å². The van der Waals surface area contributed by atoms with E-state index in [9.17, 15) is 0 Å². The molecule has 0 aromatic carbocycles. The molecular formula is C11H16. The van der Waals surface area contributed by atoms with E-state index in [1.807, 2.05) is 0 Å². The topological polar surface area (TPSA) is 0 Å². The molecule has 0 nitrogen and oxygen atoms in total. The molecule has 0 bridgehead atoms. The summed E-state index contributed by atoms with van der Waals surface area (Å²) < 4.78 is 0. The molecule has 0 aromatic rings. The van der Waals surface area contributed by atoms with E-state index >= 15 is 0 Å². The molecule has 0 amide bonds. The highest BCUT2D eigenvalue weighted by molar-refractivity contribution is 4.98. The number of hydrogen-bond donors (Lipinski definition) is 0. The van der Waals surface area contributed by atoms with Crippen LogP contribution in [0.2, 0.25) is 0 Å². The van der Waals surface area contributed by atoms with Crippen LogP contribution in [0.3, 0.4) is 0 Å². The predicted molar refractivity (Wildman–Crippen MR) is 50.5 cm³/mol. The molecule has 0 aliphatic heterocycles. The Balaban J connectivity index is 2.34. The lowest BCUT2D eigenvalue weighted by Gasteiger charge is -1.88. The van der Waals surface area contributed by atoms with Crippen molar-refractivity contribution in [1.82, 2.24) is 0 Å². The first-order chi connectivity index (χ1) is 5.50. The summed E-state index contributed by atoms with van der Waals surface area (Å²) in [6.45, 7) is 0. The summed E-state index contributed by atoms with van der Waals surface area (Å²) in [6.07, 6.45) is 19.5. The van der Waals surface area contributed by atoms with Crippen LogP contribution in [-0.4, -0.2) is 0 Å². The lowest BCUT2D eigenvalue weighted by atomic mass is 10.2. The summed E-state index contributed by atoms with van der Waals surface area (Å²) in [5.74, 6) is 0. The highest BCUT2D eigenvalue weighted by atomic mass is 13.9. The minimum Gasteiger partial charge on any atom is -0.0882 e.